The van der Waals surface area contributed by atoms with Crippen molar-refractivity contribution >= 4 is 0 Å². The van der Waals surface area contributed by atoms with Gasteiger partial charge in [0.05, 0.1) is 18.8 Å². The normalized spacial score (nSPS) is 26.1. The van der Waals surface area contributed by atoms with Crippen molar-refractivity contribution in [2.45, 2.75) is 50.3 Å². The Hall–Kier alpha value is -2.72. The molecule has 0 radical (unpaired) electrons. The molecule has 1 saturated heterocycles. The highest BCUT2D eigenvalue weighted by Gasteiger charge is 2.57. The van der Waals surface area contributed by atoms with Crippen molar-refractivity contribution in [2.75, 3.05) is 6.61 Å². The van der Waals surface area contributed by atoms with Crippen LogP contribution >= 0.6 is 0 Å². The van der Waals surface area contributed by atoms with E-state index in [1.165, 1.54) is 0 Å². The third kappa shape index (κ3) is 3.85. The molecule has 0 bridgehead atoms. The summed E-state index contributed by atoms with van der Waals surface area (Å²) in [6.45, 7) is 8.68. The van der Waals surface area contributed by atoms with Gasteiger partial charge >= 0.3 is 0 Å². The van der Waals surface area contributed by atoms with Crippen LogP contribution in [0.2, 0.25) is 0 Å². The molecule has 0 N–H and O–H groups in total. The summed E-state index contributed by atoms with van der Waals surface area (Å²) in [7, 11) is 0. The van der Waals surface area contributed by atoms with Crippen LogP contribution in [0, 0.1) is 5.41 Å². The van der Waals surface area contributed by atoms with Crippen LogP contribution in [0.15, 0.2) is 104 Å². The van der Waals surface area contributed by atoms with Crippen molar-refractivity contribution in [3.8, 4) is 0 Å². The summed E-state index contributed by atoms with van der Waals surface area (Å²) in [6.07, 6.45) is 3.91. The van der Waals surface area contributed by atoms with Gasteiger partial charge in [0, 0.05) is 5.41 Å². The van der Waals surface area contributed by atoms with E-state index in [2.05, 4.69) is 79.4 Å². The van der Waals surface area contributed by atoms with Gasteiger partial charge in [0.15, 0.2) is 5.79 Å². The van der Waals surface area contributed by atoms with E-state index in [1.807, 2.05) is 38.1 Å². The second-order valence-electron chi connectivity index (χ2n) is 9.64. The predicted molar refractivity (Wildman–Crippen MR) is 131 cm³/mol. The average molecular weight is 441 g/mol. The lowest BCUT2D eigenvalue weighted by atomic mass is 9.79. The largest absolute Gasteiger partial charge is 0.360 e. The smallest absolute Gasteiger partial charge is 0.163 e. The first-order valence-electron chi connectivity index (χ1n) is 11.8. The summed E-state index contributed by atoms with van der Waals surface area (Å²) in [5.74, 6) is -0.584. The van der Waals surface area contributed by atoms with E-state index in [-0.39, 0.29) is 17.6 Å². The Balaban J connectivity index is 1.61. The van der Waals surface area contributed by atoms with Gasteiger partial charge in [-0.3, -0.25) is 0 Å². The van der Waals surface area contributed by atoms with Gasteiger partial charge in [0.25, 0.3) is 0 Å². The molecule has 0 unspecified atom stereocenters. The molecule has 1 saturated carbocycles. The molecule has 5 rings (SSSR count). The second-order valence-corrected chi connectivity index (χ2v) is 9.64. The SMILES string of the molecule is C=C[C@@]1(COC(c2ccccc2)(c2ccccc2)c2ccccc2)CC[C@H]2OC(C)(C)O[C@@H]21. The zero-order valence-electron chi connectivity index (χ0n) is 19.4. The maximum Gasteiger partial charge on any atom is 0.163 e. The summed E-state index contributed by atoms with van der Waals surface area (Å²) in [6, 6.07) is 31.5. The fourth-order valence-electron chi connectivity index (χ4n) is 5.53. The van der Waals surface area contributed by atoms with Crippen molar-refractivity contribution in [2.24, 2.45) is 5.41 Å². The lowest BCUT2D eigenvalue weighted by molar-refractivity contribution is -0.168. The van der Waals surface area contributed by atoms with Crippen LogP contribution in [0.1, 0.15) is 43.4 Å². The molecule has 170 valence electrons. The van der Waals surface area contributed by atoms with Crippen LogP contribution in [0.25, 0.3) is 0 Å². The number of hydrogen-bond acceptors (Lipinski definition) is 3. The summed E-state index contributed by atoms with van der Waals surface area (Å²) in [5.41, 5.74) is 2.22. The Morgan fingerprint density at radius 2 is 1.33 bits per heavy atom. The number of hydrogen-bond donors (Lipinski definition) is 0. The third-order valence-corrected chi connectivity index (χ3v) is 7.15. The lowest BCUT2D eigenvalue weighted by Crippen LogP contribution is -2.42. The minimum atomic E-state index is -0.757. The summed E-state index contributed by atoms with van der Waals surface area (Å²) < 4.78 is 19.7. The fourth-order valence-corrected chi connectivity index (χ4v) is 5.53. The Kier molecular flexibility index (Phi) is 5.74. The molecular formula is C30H32O3. The Morgan fingerprint density at radius 3 is 1.79 bits per heavy atom. The Bertz CT molecular complexity index is 981. The van der Waals surface area contributed by atoms with Crippen LogP contribution in [0.5, 0.6) is 0 Å². The van der Waals surface area contributed by atoms with E-state index in [0.29, 0.717) is 6.61 Å². The molecule has 3 aromatic carbocycles. The zero-order chi connectivity index (χ0) is 22.9. The first kappa shape index (κ1) is 22.1. The van der Waals surface area contributed by atoms with E-state index in [0.717, 1.165) is 29.5 Å². The van der Waals surface area contributed by atoms with E-state index in [1.54, 1.807) is 0 Å². The average Bonchev–Trinajstić information content (AvgIpc) is 3.35. The van der Waals surface area contributed by atoms with Gasteiger partial charge in [-0.25, -0.2) is 0 Å². The maximum absolute atomic E-state index is 7.14. The van der Waals surface area contributed by atoms with Gasteiger partial charge in [0.1, 0.15) is 5.60 Å². The van der Waals surface area contributed by atoms with Crippen molar-refractivity contribution in [3.63, 3.8) is 0 Å². The van der Waals surface area contributed by atoms with E-state index >= 15 is 0 Å². The third-order valence-electron chi connectivity index (χ3n) is 7.15. The fraction of sp³-hybridized carbons (Fsp3) is 0.333. The molecule has 3 heteroatoms. The van der Waals surface area contributed by atoms with E-state index in [9.17, 15) is 0 Å². The molecule has 2 fully saturated rings. The Labute approximate surface area is 197 Å². The molecule has 1 aliphatic carbocycles. The van der Waals surface area contributed by atoms with Crippen molar-refractivity contribution in [1.82, 2.24) is 0 Å². The molecule has 0 amide bonds. The van der Waals surface area contributed by atoms with Gasteiger partial charge in [0.2, 0.25) is 0 Å². The highest BCUT2D eigenvalue weighted by molar-refractivity contribution is 5.47. The molecule has 33 heavy (non-hydrogen) atoms. The lowest BCUT2D eigenvalue weighted by Gasteiger charge is -2.40. The first-order valence-corrected chi connectivity index (χ1v) is 11.8. The Morgan fingerprint density at radius 1 is 0.848 bits per heavy atom. The molecule has 0 aromatic heterocycles. The van der Waals surface area contributed by atoms with Crippen LogP contribution in [0.3, 0.4) is 0 Å². The van der Waals surface area contributed by atoms with E-state index < -0.39 is 11.4 Å². The van der Waals surface area contributed by atoms with Gasteiger partial charge in [-0.05, 0) is 43.4 Å². The van der Waals surface area contributed by atoms with Gasteiger partial charge in [-0.2, -0.15) is 0 Å². The van der Waals surface area contributed by atoms with E-state index in [4.69, 9.17) is 14.2 Å². The summed E-state index contributed by atoms with van der Waals surface area (Å²) in [5, 5.41) is 0. The van der Waals surface area contributed by atoms with Crippen LogP contribution in [-0.2, 0) is 19.8 Å². The maximum atomic E-state index is 7.14. The van der Waals surface area contributed by atoms with Crippen LogP contribution < -0.4 is 0 Å². The molecule has 2 aliphatic rings. The first-order chi connectivity index (χ1) is 16.0. The number of fused-ring (bicyclic) bond motifs is 1. The zero-order valence-corrected chi connectivity index (χ0v) is 19.4. The number of benzene rings is 3. The number of ether oxygens (including phenoxy) is 3. The predicted octanol–water partition coefficient (Wildman–Crippen LogP) is 6.48. The molecule has 3 atom stereocenters. The van der Waals surface area contributed by atoms with Gasteiger partial charge in [-0.1, -0.05) is 97.1 Å². The van der Waals surface area contributed by atoms with Crippen molar-refractivity contribution < 1.29 is 14.2 Å². The second kappa shape index (κ2) is 8.57. The van der Waals surface area contributed by atoms with Gasteiger partial charge in [-0.15, -0.1) is 6.58 Å². The topological polar surface area (TPSA) is 27.7 Å². The molecule has 3 aromatic rings. The van der Waals surface area contributed by atoms with Crippen LogP contribution in [-0.4, -0.2) is 24.6 Å². The quantitative estimate of drug-likeness (QED) is 0.311. The highest BCUT2D eigenvalue weighted by Crippen LogP contribution is 2.51. The summed E-state index contributed by atoms with van der Waals surface area (Å²) >= 11 is 0. The standard InChI is InChI=1S/C30H32O3/c1-4-29(21-20-26-27(29)33-28(2,3)32-26)22-31-30(23-14-8-5-9-15-23,24-16-10-6-11-17-24)25-18-12-7-13-19-25/h4-19,26-27H,1,20-22H2,2-3H3/t26-,27+,29+/m1/s1. The van der Waals surface area contributed by atoms with Crippen molar-refractivity contribution in [1.29, 1.82) is 0 Å². The van der Waals surface area contributed by atoms with Crippen molar-refractivity contribution in [3.05, 3.63) is 120 Å². The molecular weight excluding hydrogens is 408 g/mol. The minimum absolute atomic E-state index is 0.0648. The molecule has 0 spiro atoms. The van der Waals surface area contributed by atoms with Gasteiger partial charge < -0.3 is 14.2 Å². The number of rotatable bonds is 7. The molecule has 3 nitrogen and oxygen atoms in total. The highest BCUT2D eigenvalue weighted by atomic mass is 16.8. The van der Waals surface area contributed by atoms with Crippen LogP contribution in [0.4, 0.5) is 0 Å². The monoisotopic (exact) mass is 440 g/mol. The summed E-state index contributed by atoms with van der Waals surface area (Å²) in [4.78, 5) is 0. The minimum Gasteiger partial charge on any atom is -0.360 e. The molecule has 1 heterocycles. The molecule has 1 aliphatic heterocycles.